The molecule has 0 bridgehead atoms. The average Bonchev–Trinajstić information content (AvgIpc) is 2.91. The van der Waals surface area contributed by atoms with Crippen LogP contribution in [0, 0.1) is 25.5 Å². The van der Waals surface area contributed by atoms with Gasteiger partial charge in [0, 0.05) is 35.8 Å². The predicted molar refractivity (Wildman–Crippen MR) is 139 cm³/mol. The highest BCUT2D eigenvalue weighted by atomic mass is 35.5. The second-order valence-corrected chi connectivity index (χ2v) is 9.54. The Balaban J connectivity index is 1.72. The van der Waals surface area contributed by atoms with Gasteiger partial charge in [0.2, 0.25) is 0 Å². The summed E-state index contributed by atoms with van der Waals surface area (Å²) in [5.74, 6) is -1.90. The van der Waals surface area contributed by atoms with E-state index in [1.54, 1.807) is 39.8 Å². The summed E-state index contributed by atoms with van der Waals surface area (Å²) in [6.45, 7) is 6.42. The van der Waals surface area contributed by atoms with Crippen LogP contribution < -0.4 is 10.3 Å². The number of aryl methyl sites for hydroxylation is 1. The largest absolute Gasteiger partial charge is 0.485 e. The van der Waals surface area contributed by atoms with Gasteiger partial charge in [-0.1, -0.05) is 11.6 Å². The summed E-state index contributed by atoms with van der Waals surface area (Å²) in [5, 5.41) is -0.231. The van der Waals surface area contributed by atoms with Gasteiger partial charge >= 0.3 is 5.97 Å². The molecule has 4 aromatic heterocycles. The number of carbonyl (C=O) groups excluding carboxylic acids is 1. The first-order chi connectivity index (χ1) is 18.4. The molecule has 0 amide bonds. The fourth-order valence-electron chi connectivity index (χ4n) is 3.95. The Labute approximate surface area is 227 Å². The van der Waals surface area contributed by atoms with Crippen molar-refractivity contribution in [3.8, 4) is 22.8 Å². The third kappa shape index (κ3) is 5.35. The Morgan fingerprint density at radius 3 is 2.51 bits per heavy atom. The lowest BCUT2D eigenvalue weighted by Crippen LogP contribution is -2.32. The van der Waals surface area contributed by atoms with Gasteiger partial charge in [-0.05, 0) is 39.8 Å². The molecule has 0 unspecified atom stereocenters. The Hall–Kier alpha value is -4.25. The van der Waals surface area contributed by atoms with Crippen molar-refractivity contribution in [2.75, 3.05) is 7.11 Å². The maximum atomic E-state index is 13.9. The minimum absolute atomic E-state index is 0.0263. The first-order valence-corrected chi connectivity index (χ1v) is 12.1. The van der Waals surface area contributed by atoms with Crippen molar-refractivity contribution in [2.45, 2.75) is 39.7 Å². The number of aromatic nitrogens is 5. The third-order valence-corrected chi connectivity index (χ3v) is 6.47. The number of pyridine rings is 3. The SMILES string of the molecule is COC(=O)C(C)(C)c1nccc(-c2nccc(-n3c(C)cc(OCc4ncc(F)cc4F)c(Cl)c3=O)c2C)n1. The van der Waals surface area contributed by atoms with Gasteiger partial charge in [0.1, 0.15) is 40.1 Å². The van der Waals surface area contributed by atoms with Crippen molar-refractivity contribution in [3.63, 3.8) is 0 Å². The smallest absolute Gasteiger partial charge is 0.318 e. The first kappa shape index (κ1) is 27.8. The molecule has 4 aromatic rings. The van der Waals surface area contributed by atoms with Crippen LogP contribution in [-0.4, -0.2) is 37.6 Å². The Bertz CT molecular complexity index is 1640. The van der Waals surface area contributed by atoms with Crippen molar-refractivity contribution in [1.82, 2.24) is 24.5 Å². The van der Waals surface area contributed by atoms with Gasteiger partial charge < -0.3 is 9.47 Å². The van der Waals surface area contributed by atoms with Crippen LogP contribution in [0.25, 0.3) is 17.1 Å². The maximum Gasteiger partial charge on any atom is 0.318 e. The Kier molecular flexibility index (Phi) is 7.73. The van der Waals surface area contributed by atoms with Gasteiger partial charge in [-0.25, -0.2) is 18.7 Å². The number of esters is 1. The van der Waals surface area contributed by atoms with Crippen LogP contribution >= 0.6 is 11.6 Å². The maximum absolute atomic E-state index is 13.9. The number of nitrogens with zero attached hydrogens (tertiary/aromatic N) is 5. The zero-order valence-electron chi connectivity index (χ0n) is 21.8. The number of carbonyl (C=O) groups is 1. The molecule has 4 heterocycles. The molecule has 0 saturated heterocycles. The zero-order valence-corrected chi connectivity index (χ0v) is 22.5. The van der Waals surface area contributed by atoms with Crippen LogP contribution in [-0.2, 0) is 21.6 Å². The van der Waals surface area contributed by atoms with Gasteiger partial charge in [-0.15, -0.1) is 0 Å². The lowest BCUT2D eigenvalue weighted by molar-refractivity contribution is -0.146. The quantitative estimate of drug-likeness (QED) is 0.303. The zero-order chi connectivity index (χ0) is 28.5. The van der Waals surface area contributed by atoms with Crippen molar-refractivity contribution in [1.29, 1.82) is 0 Å². The van der Waals surface area contributed by atoms with Gasteiger partial charge in [0.25, 0.3) is 5.56 Å². The second-order valence-electron chi connectivity index (χ2n) is 9.16. The van der Waals surface area contributed by atoms with Crippen molar-refractivity contribution in [2.24, 2.45) is 0 Å². The molecule has 0 N–H and O–H groups in total. The lowest BCUT2D eigenvalue weighted by Gasteiger charge is -2.20. The van der Waals surface area contributed by atoms with Gasteiger partial charge in [0.15, 0.2) is 5.82 Å². The van der Waals surface area contributed by atoms with Gasteiger partial charge in [0.05, 0.1) is 30.4 Å². The standard InChI is InChI=1S/C27H24ClF2N5O4/c1-14-10-21(39-13-19-17(30)11-16(29)12-33-19)22(28)24(36)35(14)20-7-9-31-23(15(20)2)18-6-8-32-25(34-18)27(3,4)26(37)38-5/h6-12H,13H2,1-5H3. The van der Waals surface area contributed by atoms with E-state index in [-0.39, 0.29) is 28.9 Å². The fraction of sp³-hybridized carbons (Fsp3) is 0.259. The molecular weight excluding hydrogens is 532 g/mol. The summed E-state index contributed by atoms with van der Waals surface area (Å²) < 4.78 is 38.9. The third-order valence-electron chi connectivity index (χ3n) is 6.12. The summed E-state index contributed by atoms with van der Waals surface area (Å²) in [4.78, 5) is 42.5. The molecule has 0 atom stereocenters. The molecule has 0 aromatic carbocycles. The average molecular weight is 556 g/mol. The monoisotopic (exact) mass is 555 g/mol. The highest BCUT2D eigenvalue weighted by molar-refractivity contribution is 6.31. The second kappa shape index (κ2) is 10.9. The number of hydrogen-bond donors (Lipinski definition) is 0. The number of hydrogen-bond acceptors (Lipinski definition) is 8. The molecule has 0 aliphatic rings. The molecule has 39 heavy (non-hydrogen) atoms. The summed E-state index contributed by atoms with van der Waals surface area (Å²) in [6, 6.07) is 5.53. The summed E-state index contributed by atoms with van der Waals surface area (Å²) in [7, 11) is 1.29. The van der Waals surface area contributed by atoms with E-state index >= 15 is 0 Å². The van der Waals surface area contributed by atoms with Gasteiger partial charge in [-0.3, -0.25) is 24.1 Å². The van der Waals surface area contributed by atoms with E-state index in [1.807, 2.05) is 0 Å². The summed E-state index contributed by atoms with van der Waals surface area (Å²) in [5.41, 5.74) is 0.694. The van der Waals surface area contributed by atoms with E-state index < -0.39 is 28.6 Å². The molecular formula is C27H24ClF2N5O4. The van der Waals surface area contributed by atoms with Crippen LogP contribution in [0.5, 0.6) is 5.75 Å². The molecule has 0 fully saturated rings. The van der Waals surface area contributed by atoms with E-state index in [2.05, 4.69) is 19.9 Å². The molecule has 0 radical (unpaired) electrons. The summed E-state index contributed by atoms with van der Waals surface area (Å²) >= 11 is 6.36. The minimum Gasteiger partial charge on any atom is -0.485 e. The number of ether oxygens (including phenoxy) is 2. The molecule has 12 heteroatoms. The molecule has 0 saturated carbocycles. The highest BCUT2D eigenvalue weighted by Crippen LogP contribution is 2.29. The van der Waals surface area contributed by atoms with Crippen LogP contribution in [0.4, 0.5) is 8.78 Å². The van der Waals surface area contributed by atoms with E-state index in [9.17, 15) is 18.4 Å². The van der Waals surface area contributed by atoms with Crippen LogP contribution in [0.2, 0.25) is 5.02 Å². The molecule has 0 aliphatic carbocycles. The minimum atomic E-state index is -1.10. The van der Waals surface area contributed by atoms with Crippen LogP contribution in [0.3, 0.4) is 0 Å². The van der Waals surface area contributed by atoms with Crippen molar-refractivity contribution < 1.29 is 23.0 Å². The summed E-state index contributed by atoms with van der Waals surface area (Å²) in [6.07, 6.45) is 3.92. The molecule has 202 valence electrons. The molecule has 0 aliphatic heterocycles. The van der Waals surface area contributed by atoms with E-state index in [1.165, 1.54) is 30.1 Å². The molecule has 4 rings (SSSR count). The predicted octanol–water partition coefficient (Wildman–Crippen LogP) is 4.66. The van der Waals surface area contributed by atoms with E-state index in [4.69, 9.17) is 21.1 Å². The highest BCUT2D eigenvalue weighted by Gasteiger charge is 2.34. The van der Waals surface area contributed by atoms with Crippen LogP contribution in [0.15, 0.2) is 47.7 Å². The Morgan fingerprint density at radius 1 is 1.10 bits per heavy atom. The molecule has 9 nitrogen and oxygen atoms in total. The normalized spacial score (nSPS) is 11.4. The number of rotatable bonds is 7. The fourth-order valence-corrected chi connectivity index (χ4v) is 4.14. The lowest BCUT2D eigenvalue weighted by atomic mass is 9.92. The van der Waals surface area contributed by atoms with Crippen LogP contribution in [0.1, 0.15) is 36.6 Å². The Morgan fingerprint density at radius 2 is 1.82 bits per heavy atom. The number of methoxy groups -OCH3 is 1. The number of halogens is 3. The van der Waals surface area contributed by atoms with Crippen molar-refractivity contribution >= 4 is 17.6 Å². The topological polar surface area (TPSA) is 109 Å². The molecule has 0 spiro atoms. The van der Waals surface area contributed by atoms with E-state index in [0.29, 0.717) is 34.4 Å². The first-order valence-electron chi connectivity index (χ1n) is 11.7. The van der Waals surface area contributed by atoms with Crippen molar-refractivity contribution in [3.05, 3.63) is 92.6 Å². The van der Waals surface area contributed by atoms with Gasteiger partial charge in [-0.2, -0.15) is 0 Å². The van der Waals surface area contributed by atoms with E-state index in [0.717, 1.165) is 6.20 Å².